The fourth-order valence-electron chi connectivity index (χ4n) is 2.13. The van der Waals surface area contributed by atoms with Gasteiger partial charge in [0.15, 0.2) is 0 Å². The van der Waals surface area contributed by atoms with Crippen LogP contribution in [0.2, 0.25) is 0 Å². The molecule has 2 rings (SSSR count). The monoisotopic (exact) mass is 287 g/mol. The number of hydrogen-bond acceptors (Lipinski definition) is 3. The molecular formula is C12H14ClNO3S. The maximum atomic E-state index is 11.0. The number of aromatic amines is 1. The van der Waals surface area contributed by atoms with E-state index in [1.165, 1.54) is 0 Å². The van der Waals surface area contributed by atoms with E-state index in [9.17, 15) is 13.5 Å². The van der Waals surface area contributed by atoms with Gasteiger partial charge in [-0.25, -0.2) is 8.42 Å². The molecule has 0 aliphatic heterocycles. The number of phenols is 1. The van der Waals surface area contributed by atoms with Gasteiger partial charge in [0.1, 0.15) is 5.75 Å². The van der Waals surface area contributed by atoms with Gasteiger partial charge in [-0.3, -0.25) is 0 Å². The Morgan fingerprint density at radius 3 is 2.61 bits per heavy atom. The highest BCUT2D eigenvalue weighted by molar-refractivity contribution is 8.13. The summed E-state index contributed by atoms with van der Waals surface area (Å²) in [5, 5.41) is 10.8. The summed E-state index contributed by atoms with van der Waals surface area (Å²) in [6.07, 6.45) is 0.202. The van der Waals surface area contributed by atoms with E-state index in [1.807, 2.05) is 13.8 Å². The van der Waals surface area contributed by atoms with Crippen LogP contribution in [0.15, 0.2) is 12.1 Å². The molecule has 4 nitrogen and oxygen atoms in total. The average Bonchev–Trinajstić information content (AvgIpc) is 2.53. The molecule has 1 aromatic carbocycles. The van der Waals surface area contributed by atoms with Crippen molar-refractivity contribution in [2.75, 3.05) is 5.75 Å². The first kappa shape index (κ1) is 13.2. The lowest BCUT2D eigenvalue weighted by Crippen LogP contribution is -2.02. The molecule has 0 fully saturated rings. The predicted molar refractivity (Wildman–Crippen MR) is 72.8 cm³/mol. The quantitative estimate of drug-likeness (QED) is 0.853. The van der Waals surface area contributed by atoms with Crippen molar-refractivity contribution in [3.63, 3.8) is 0 Å². The molecule has 0 aliphatic rings. The van der Waals surface area contributed by atoms with Crippen molar-refractivity contribution in [1.82, 2.24) is 4.98 Å². The van der Waals surface area contributed by atoms with Gasteiger partial charge in [-0.1, -0.05) is 0 Å². The van der Waals surface area contributed by atoms with Gasteiger partial charge in [-0.05, 0) is 38.0 Å². The van der Waals surface area contributed by atoms with Gasteiger partial charge >= 0.3 is 0 Å². The van der Waals surface area contributed by atoms with Crippen molar-refractivity contribution in [2.24, 2.45) is 0 Å². The topological polar surface area (TPSA) is 70.2 Å². The molecule has 1 heterocycles. The van der Waals surface area contributed by atoms with Crippen LogP contribution in [0.4, 0.5) is 0 Å². The molecule has 6 heteroatoms. The molecule has 0 saturated carbocycles. The van der Waals surface area contributed by atoms with Crippen molar-refractivity contribution >= 4 is 30.6 Å². The molecule has 2 aromatic rings. The molecule has 0 atom stereocenters. The molecule has 0 saturated heterocycles. The zero-order valence-electron chi connectivity index (χ0n) is 10.1. The Labute approximate surface area is 110 Å². The van der Waals surface area contributed by atoms with E-state index in [2.05, 4.69) is 4.98 Å². The average molecular weight is 288 g/mol. The van der Waals surface area contributed by atoms with Crippen molar-refractivity contribution in [1.29, 1.82) is 0 Å². The smallest absolute Gasteiger partial charge is 0.232 e. The Hall–Kier alpha value is -1.20. The zero-order chi connectivity index (χ0) is 13.5. The number of H-pyrrole nitrogens is 1. The fraction of sp³-hybridized carbons (Fsp3) is 0.333. The van der Waals surface area contributed by atoms with Gasteiger partial charge in [-0.15, -0.1) is 0 Å². The number of halogens is 1. The van der Waals surface area contributed by atoms with Gasteiger partial charge in [0.2, 0.25) is 9.05 Å². The summed E-state index contributed by atoms with van der Waals surface area (Å²) in [5.74, 6) is -0.0878. The summed E-state index contributed by atoms with van der Waals surface area (Å²) < 4.78 is 22.0. The Morgan fingerprint density at radius 2 is 2.00 bits per heavy atom. The van der Waals surface area contributed by atoms with Crippen LogP contribution in [-0.2, 0) is 15.5 Å². The van der Waals surface area contributed by atoms with Crippen LogP contribution < -0.4 is 0 Å². The Bertz CT molecular complexity index is 704. The maximum absolute atomic E-state index is 11.0. The first-order chi connectivity index (χ1) is 8.29. The van der Waals surface area contributed by atoms with E-state index in [-0.39, 0.29) is 17.9 Å². The van der Waals surface area contributed by atoms with Gasteiger partial charge in [0.05, 0.1) is 5.75 Å². The SMILES string of the molecule is Cc1[nH]c2ccc(O)c(CCS(=O)(=O)Cl)c2c1C. The molecule has 0 amide bonds. The molecule has 1 aromatic heterocycles. The summed E-state index contributed by atoms with van der Waals surface area (Å²) in [6, 6.07) is 3.34. The van der Waals surface area contributed by atoms with Gasteiger partial charge < -0.3 is 10.1 Å². The van der Waals surface area contributed by atoms with Gasteiger partial charge in [0, 0.05) is 32.8 Å². The van der Waals surface area contributed by atoms with Crippen LogP contribution in [0, 0.1) is 13.8 Å². The highest BCUT2D eigenvalue weighted by atomic mass is 35.7. The summed E-state index contributed by atoms with van der Waals surface area (Å²) in [5.41, 5.74) is 3.54. The maximum Gasteiger partial charge on any atom is 0.232 e. The van der Waals surface area contributed by atoms with E-state index < -0.39 is 9.05 Å². The molecule has 0 unspecified atom stereocenters. The van der Waals surface area contributed by atoms with Crippen LogP contribution in [-0.4, -0.2) is 24.3 Å². The molecule has 0 aliphatic carbocycles. The van der Waals surface area contributed by atoms with Crippen LogP contribution in [0.5, 0.6) is 5.75 Å². The summed E-state index contributed by atoms with van der Waals surface area (Å²) >= 11 is 0. The summed E-state index contributed by atoms with van der Waals surface area (Å²) in [6.45, 7) is 3.88. The Kier molecular flexibility index (Phi) is 3.29. The lowest BCUT2D eigenvalue weighted by Gasteiger charge is -2.06. The van der Waals surface area contributed by atoms with E-state index in [0.29, 0.717) is 5.56 Å². The van der Waals surface area contributed by atoms with Crippen LogP contribution in [0.1, 0.15) is 16.8 Å². The molecule has 2 N–H and O–H groups in total. The van der Waals surface area contributed by atoms with Crippen molar-refractivity contribution in [2.45, 2.75) is 20.3 Å². The van der Waals surface area contributed by atoms with E-state index in [0.717, 1.165) is 22.2 Å². The van der Waals surface area contributed by atoms with Crippen LogP contribution in [0.3, 0.4) is 0 Å². The van der Waals surface area contributed by atoms with E-state index >= 15 is 0 Å². The minimum absolute atomic E-state index is 0.102. The second-order valence-corrected chi connectivity index (χ2v) is 7.25. The molecule has 0 radical (unpaired) electrons. The minimum Gasteiger partial charge on any atom is -0.508 e. The first-order valence-electron chi connectivity index (χ1n) is 5.51. The number of hydrogen-bond donors (Lipinski definition) is 2. The van der Waals surface area contributed by atoms with Crippen molar-refractivity contribution in [3.8, 4) is 5.75 Å². The third-order valence-corrected chi connectivity index (χ3v) is 4.30. The summed E-state index contributed by atoms with van der Waals surface area (Å²) in [7, 11) is 1.65. The number of nitrogens with one attached hydrogen (secondary N) is 1. The second kappa shape index (κ2) is 4.48. The Morgan fingerprint density at radius 1 is 1.33 bits per heavy atom. The largest absolute Gasteiger partial charge is 0.508 e. The standard InChI is InChI=1S/C12H14ClNO3S/c1-7-8(2)14-10-3-4-11(15)9(12(7)10)5-6-18(13,16)17/h3-4,14-15H,5-6H2,1-2H3. The van der Waals surface area contributed by atoms with E-state index in [1.54, 1.807) is 12.1 Å². The highest BCUT2D eigenvalue weighted by Gasteiger charge is 2.15. The Balaban J connectivity index is 2.57. The number of benzene rings is 1. The number of aromatic hydroxyl groups is 1. The normalized spacial score (nSPS) is 12.2. The number of fused-ring (bicyclic) bond motifs is 1. The number of rotatable bonds is 3. The first-order valence-corrected chi connectivity index (χ1v) is 7.99. The third kappa shape index (κ3) is 2.47. The third-order valence-electron chi connectivity index (χ3n) is 3.14. The number of aryl methyl sites for hydroxylation is 3. The van der Waals surface area contributed by atoms with Crippen LogP contribution in [0.25, 0.3) is 10.9 Å². The lowest BCUT2D eigenvalue weighted by molar-refractivity contribution is 0.470. The lowest BCUT2D eigenvalue weighted by atomic mass is 10.0. The highest BCUT2D eigenvalue weighted by Crippen LogP contribution is 2.31. The van der Waals surface area contributed by atoms with Gasteiger partial charge in [-0.2, -0.15) is 0 Å². The molecule has 0 spiro atoms. The van der Waals surface area contributed by atoms with Gasteiger partial charge in [0.25, 0.3) is 0 Å². The molecular weight excluding hydrogens is 274 g/mol. The van der Waals surface area contributed by atoms with Crippen molar-refractivity contribution < 1.29 is 13.5 Å². The number of phenolic OH excluding ortho intramolecular Hbond substituents is 1. The second-order valence-electron chi connectivity index (χ2n) is 4.35. The molecule has 98 valence electrons. The minimum atomic E-state index is -3.56. The fourth-order valence-corrected chi connectivity index (χ4v) is 2.81. The summed E-state index contributed by atoms with van der Waals surface area (Å²) in [4.78, 5) is 3.20. The van der Waals surface area contributed by atoms with Crippen molar-refractivity contribution in [3.05, 3.63) is 29.0 Å². The zero-order valence-corrected chi connectivity index (χ0v) is 11.7. The number of aromatic nitrogens is 1. The molecule has 18 heavy (non-hydrogen) atoms. The molecule has 0 bridgehead atoms. The predicted octanol–water partition coefficient (Wildman–Crippen LogP) is 2.60. The van der Waals surface area contributed by atoms with E-state index in [4.69, 9.17) is 10.7 Å². The van der Waals surface area contributed by atoms with Crippen LogP contribution >= 0.6 is 10.7 Å².